The minimum absolute atomic E-state index is 0.212. The van der Waals surface area contributed by atoms with Crippen molar-refractivity contribution in [1.29, 1.82) is 5.53 Å². The average Bonchev–Trinajstić information content (AvgIpc) is 1.95. The summed E-state index contributed by atoms with van der Waals surface area (Å²) in [5.74, 6) is -2.58. The Labute approximate surface area is 75.7 Å². The van der Waals surface area contributed by atoms with Gasteiger partial charge >= 0.3 is 0 Å². The number of hydrogen-bond donors (Lipinski definition) is 2. The van der Waals surface area contributed by atoms with Crippen molar-refractivity contribution in [3.05, 3.63) is 11.9 Å². The van der Waals surface area contributed by atoms with Gasteiger partial charge in [-0.25, -0.2) is 14.3 Å². The molecule has 0 amide bonds. The van der Waals surface area contributed by atoms with Crippen molar-refractivity contribution in [3.8, 4) is 0 Å². The Morgan fingerprint density at radius 1 is 1.54 bits per heavy atom. The zero-order chi connectivity index (χ0) is 10.1. The van der Waals surface area contributed by atoms with E-state index in [1.165, 1.54) is 6.20 Å². The second kappa shape index (κ2) is 3.05. The van der Waals surface area contributed by atoms with Gasteiger partial charge in [-0.3, -0.25) is 0 Å². The third-order valence-corrected chi connectivity index (χ3v) is 2.32. The topological polar surface area (TPSA) is 48.2 Å². The van der Waals surface area contributed by atoms with Crippen molar-refractivity contribution in [2.45, 2.75) is 25.7 Å². The van der Waals surface area contributed by atoms with Crippen molar-refractivity contribution in [2.24, 2.45) is 10.5 Å². The van der Waals surface area contributed by atoms with E-state index in [9.17, 15) is 8.78 Å². The van der Waals surface area contributed by atoms with Crippen LogP contribution in [0.2, 0.25) is 0 Å². The zero-order valence-corrected chi connectivity index (χ0v) is 7.69. The number of halogens is 2. The lowest BCUT2D eigenvalue weighted by Crippen LogP contribution is -2.45. The third kappa shape index (κ3) is 1.84. The monoisotopic (exact) mass is 189 g/mol. The molecular formula is C8H13F2N3. The molecule has 1 saturated carbocycles. The normalized spacial score (nSPS) is 24.8. The van der Waals surface area contributed by atoms with E-state index in [1.807, 2.05) is 0 Å². The van der Waals surface area contributed by atoms with Crippen LogP contribution in [0.1, 0.15) is 19.8 Å². The van der Waals surface area contributed by atoms with Gasteiger partial charge in [0.05, 0.1) is 5.70 Å². The fourth-order valence-electron chi connectivity index (χ4n) is 1.75. The van der Waals surface area contributed by atoms with Gasteiger partial charge in [0.1, 0.15) is 0 Å². The lowest BCUT2D eigenvalue weighted by molar-refractivity contribution is -0.139. The van der Waals surface area contributed by atoms with Crippen molar-refractivity contribution < 1.29 is 8.78 Å². The highest BCUT2D eigenvalue weighted by molar-refractivity contribution is 5.17. The Kier molecular flexibility index (Phi) is 2.36. The molecule has 0 aliphatic heterocycles. The van der Waals surface area contributed by atoms with Crippen molar-refractivity contribution in [2.75, 3.05) is 7.05 Å². The van der Waals surface area contributed by atoms with Crippen LogP contribution < -0.4 is 5.32 Å². The Morgan fingerprint density at radius 2 is 2.08 bits per heavy atom. The van der Waals surface area contributed by atoms with E-state index in [4.69, 9.17) is 5.53 Å². The molecule has 0 unspecified atom stereocenters. The molecule has 1 fully saturated rings. The molecule has 13 heavy (non-hydrogen) atoms. The lowest BCUT2D eigenvalue weighted by Gasteiger charge is -2.44. The van der Waals surface area contributed by atoms with E-state index in [0.29, 0.717) is 5.70 Å². The first kappa shape index (κ1) is 10.1. The number of hydrogen-bond acceptors (Lipinski definition) is 3. The summed E-state index contributed by atoms with van der Waals surface area (Å²) in [5, 5.41) is 5.95. The summed E-state index contributed by atoms with van der Waals surface area (Å²) < 4.78 is 25.2. The second-order valence-electron chi connectivity index (χ2n) is 3.70. The summed E-state index contributed by atoms with van der Waals surface area (Å²) in [6.07, 6.45) is 1.08. The van der Waals surface area contributed by atoms with Crippen LogP contribution in [0.15, 0.2) is 17.0 Å². The van der Waals surface area contributed by atoms with Crippen LogP contribution in [0.4, 0.5) is 8.78 Å². The van der Waals surface area contributed by atoms with Gasteiger partial charge in [0.2, 0.25) is 5.92 Å². The van der Waals surface area contributed by atoms with E-state index in [0.717, 1.165) is 0 Å². The summed E-state index contributed by atoms with van der Waals surface area (Å²) >= 11 is 0. The molecule has 0 aromatic heterocycles. The van der Waals surface area contributed by atoms with Gasteiger partial charge in [-0.15, -0.1) is 0 Å². The molecule has 0 saturated heterocycles. The van der Waals surface area contributed by atoms with Crippen LogP contribution in [0.25, 0.3) is 0 Å². The van der Waals surface area contributed by atoms with Crippen molar-refractivity contribution >= 4 is 0 Å². The average molecular weight is 189 g/mol. The van der Waals surface area contributed by atoms with Crippen molar-refractivity contribution in [1.82, 2.24) is 5.32 Å². The number of rotatable bonds is 3. The standard InChI is InChI=1S/C8H13F2N3/c1-7(4-8(9,10)5-7)6(13-11)3-12-2/h3,11-12H,4-5H2,1-2H3/b6-3-,13-11?. The van der Waals surface area contributed by atoms with Gasteiger partial charge in [0.15, 0.2) is 0 Å². The number of nitrogens with one attached hydrogen (secondary N) is 2. The van der Waals surface area contributed by atoms with Crippen LogP contribution in [0.5, 0.6) is 0 Å². The summed E-state index contributed by atoms with van der Waals surface area (Å²) in [6.45, 7) is 1.70. The molecule has 1 aliphatic rings. The predicted octanol–water partition coefficient (Wildman–Crippen LogP) is 2.51. The van der Waals surface area contributed by atoms with Crippen LogP contribution in [-0.2, 0) is 0 Å². The van der Waals surface area contributed by atoms with Gasteiger partial charge in [0, 0.05) is 31.5 Å². The number of nitrogens with zero attached hydrogens (tertiary/aromatic N) is 1. The van der Waals surface area contributed by atoms with E-state index >= 15 is 0 Å². The second-order valence-corrected chi connectivity index (χ2v) is 3.70. The minimum atomic E-state index is -2.58. The Morgan fingerprint density at radius 3 is 2.38 bits per heavy atom. The molecule has 0 heterocycles. The summed E-state index contributed by atoms with van der Waals surface area (Å²) in [5.41, 5.74) is 6.62. The van der Waals surface area contributed by atoms with Gasteiger partial charge < -0.3 is 5.32 Å². The maximum atomic E-state index is 12.6. The largest absolute Gasteiger partial charge is 0.392 e. The highest BCUT2D eigenvalue weighted by Gasteiger charge is 2.55. The van der Waals surface area contributed by atoms with Crippen LogP contribution >= 0.6 is 0 Å². The maximum absolute atomic E-state index is 12.6. The van der Waals surface area contributed by atoms with E-state index in [-0.39, 0.29) is 12.8 Å². The molecule has 74 valence electrons. The van der Waals surface area contributed by atoms with E-state index in [2.05, 4.69) is 10.4 Å². The van der Waals surface area contributed by atoms with E-state index in [1.54, 1.807) is 14.0 Å². The first-order valence-electron chi connectivity index (χ1n) is 4.07. The fourth-order valence-corrected chi connectivity index (χ4v) is 1.75. The molecule has 0 spiro atoms. The minimum Gasteiger partial charge on any atom is -0.392 e. The summed E-state index contributed by atoms with van der Waals surface area (Å²) in [4.78, 5) is 0. The SMILES string of the molecule is CN/C=C(\N=N)C1(C)CC(F)(F)C1. The molecular weight excluding hydrogens is 176 g/mol. The number of alkyl halides is 2. The molecule has 1 aliphatic carbocycles. The predicted molar refractivity (Wildman–Crippen MR) is 44.6 cm³/mol. The van der Waals surface area contributed by atoms with Crippen LogP contribution in [0.3, 0.4) is 0 Å². The Bertz CT molecular complexity index is 240. The van der Waals surface area contributed by atoms with Crippen LogP contribution in [-0.4, -0.2) is 13.0 Å². The van der Waals surface area contributed by atoms with Crippen molar-refractivity contribution in [3.63, 3.8) is 0 Å². The molecule has 0 aromatic rings. The quantitative estimate of drug-likeness (QED) is 0.658. The first-order chi connectivity index (χ1) is 5.93. The van der Waals surface area contributed by atoms with E-state index < -0.39 is 11.3 Å². The molecule has 2 N–H and O–H groups in total. The number of allylic oxidation sites excluding steroid dienone is 1. The highest BCUT2D eigenvalue weighted by atomic mass is 19.3. The zero-order valence-electron chi connectivity index (χ0n) is 7.69. The highest BCUT2D eigenvalue weighted by Crippen LogP contribution is 2.55. The Balaban J connectivity index is 2.72. The molecule has 1 rings (SSSR count). The Hall–Kier alpha value is -1.00. The third-order valence-electron chi connectivity index (χ3n) is 2.32. The molecule has 0 aromatic carbocycles. The smallest absolute Gasteiger partial charge is 0.250 e. The molecule has 0 bridgehead atoms. The van der Waals surface area contributed by atoms with Gasteiger partial charge in [-0.05, 0) is 0 Å². The fraction of sp³-hybridized carbons (Fsp3) is 0.750. The first-order valence-corrected chi connectivity index (χ1v) is 4.07. The molecule has 3 nitrogen and oxygen atoms in total. The van der Waals surface area contributed by atoms with Gasteiger partial charge in [-0.2, -0.15) is 5.11 Å². The van der Waals surface area contributed by atoms with Gasteiger partial charge in [0.25, 0.3) is 0 Å². The van der Waals surface area contributed by atoms with Crippen LogP contribution in [0, 0.1) is 10.9 Å². The molecule has 0 atom stereocenters. The molecule has 0 radical (unpaired) electrons. The van der Waals surface area contributed by atoms with Gasteiger partial charge in [-0.1, -0.05) is 6.92 Å². The summed E-state index contributed by atoms with van der Waals surface area (Å²) in [6, 6.07) is 0. The lowest BCUT2D eigenvalue weighted by atomic mass is 9.65. The molecule has 5 heteroatoms. The summed E-state index contributed by atoms with van der Waals surface area (Å²) in [7, 11) is 1.66. The maximum Gasteiger partial charge on any atom is 0.250 e.